The Hall–Kier alpha value is -0.750. The van der Waals surface area contributed by atoms with E-state index in [0.717, 1.165) is 0 Å². The molecule has 0 rings (SSSR count). The summed E-state index contributed by atoms with van der Waals surface area (Å²) in [5, 5.41) is 0. The molecule has 0 spiro atoms. The molecule has 0 aromatic heterocycles. The monoisotopic (exact) mass is 366 g/mol. The zero-order chi connectivity index (χ0) is 18.4. The van der Waals surface area contributed by atoms with Gasteiger partial charge in [0.05, 0.1) is 0 Å². The predicted molar refractivity (Wildman–Crippen MR) is 58.5 cm³/mol. The summed E-state index contributed by atoms with van der Waals surface area (Å²) in [6, 6.07) is 0. The number of alkyl halides is 9. The first-order valence-corrected chi connectivity index (χ1v) is 6.24. The maximum atomic E-state index is 13.0. The highest BCUT2D eigenvalue weighted by atomic mass is 19.4. The fourth-order valence-corrected chi connectivity index (χ4v) is 1.28. The second-order valence-electron chi connectivity index (χ2n) is 4.57. The van der Waals surface area contributed by atoms with Crippen LogP contribution >= 0.6 is 0 Å². The Kier molecular flexibility index (Phi) is 8.10. The minimum Gasteiger partial charge on any atom is -0.372 e. The van der Waals surface area contributed by atoms with Gasteiger partial charge >= 0.3 is 18.4 Å². The summed E-state index contributed by atoms with van der Waals surface area (Å²) >= 11 is 0. The Morgan fingerprint density at radius 3 is 1.61 bits per heavy atom. The van der Waals surface area contributed by atoms with E-state index < -0.39 is 50.6 Å². The van der Waals surface area contributed by atoms with Gasteiger partial charge in [-0.05, 0) is 6.42 Å². The SMILES string of the molecule is CCCOCC(F)(F)OC(F)(F)COCC(F)(F)CC(F)(F)F. The summed E-state index contributed by atoms with van der Waals surface area (Å²) in [4.78, 5) is 0. The van der Waals surface area contributed by atoms with Crippen LogP contribution in [0.2, 0.25) is 0 Å². The number of rotatable bonds is 11. The molecule has 0 radical (unpaired) electrons. The van der Waals surface area contributed by atoms with Crippen LogP contribution in [0.15, 0.2) is 0 Å². The highest BCUT2D eigenvalue weighted by Crippen LogP contribution is 2.32. The minimum atomic E-state index is -5.24. The van der Waals surface area contributed by atoms with Gasteiger partial charge in [0.15, 0.2) is 0 Å². The van der Waals surface area contributed by atoms with Gasteiger partial charge in [0.25, 0.3) is 5.92 Å². The van der Waals surface area contributed by atoms with Crippen molar-refractivity contribution in [2.75, 3.05) is 26.4 Å². The molecule has 0 heterocycles. The van der Waals surface area contributed by atoms with Crippen molar-refractivity contribution in [2.45, 2.75) is 44.1 Å². The Morgan fingerprint density at radius 1 is 0.696 bits per heavy atom. The zero-order valence-electron chi connectivity index (χ0n) is 11.9. The van der Waals surface area contributed by atoms with Gasteiger partial charge in [0.1, 0.15) is 26.2 Å². The van der Waals surface area contributed by atoms with Gasteiger partial charge < -0.3 is 9.47 Å². The lowest BCUT2D eigenvalue weighted by Crippen LogP contribution is -2.41. The molecule has 3 nitrogen and oxygen atoms in total. The van der Waals surface area contributed by atoms with Crippen LogP contribution in [0.1, 0.15) is 19.8 Å². The first-order chi connectivity index (χ1) is 10.2. The molecule has 0 aliphatic carbocycles. The summed E-state index contributed by atoms with van der Waals surface area (Å²) < 4.78 is 124. The Balaban J connectivity index is 4.31. The summed E-state index contributed by atoms with van der Waals surface area (Å²) in [6.07, 6.45) is -16.6. The third-order valence-corrected chi connectivity index (χ3v) is 1.96. The van der Waals surface area contributed by atoms with E-state index >= 15 is 0 Å². The summed E-state index contributed by atoms with van der Waals surface area (Å²) in [5.74, 6) is -4.47. The lowest BCUT2D eigenvalue weighted by Gasteiger charge is -2.24. The third kappa shape index (κ3) is 12.4. The van der Waals surface area contributed by atoms with Gasteiger partial charge in [-0.25, -0.2) is 8.78 Å². The maximum Gasteiger partial charge on any atom is 0.394 e. The molecule has 0 aliphatic heterocycles. The molecule has 0 aromatic rings. The van der Waals surface area contributed by atoms with Crippen LogP contribution in [0.25, 0.3) is 0 Å². The van der Waals surface area contributed by atoms with E-state index in [-0.39, 0.29) is 6.61 Å². The van der Waals surface area contributed by atoms with Gasteiger partial charge in [0, 0.05) is 6.61 Å². The standard InChI is InChI=1S/C11H15F9O3/c1-2-3-21-6-10(17,18)23-11(19,20)7-22-5-8(12,13)4-9(14,15)16/h2-7H2,1H3. The molecule has 0 aliphatic rings. The number of hydrogen-bond acceptors (Lipinski definition) is 3. The molecular weight excluding hydrogens is 351 g/mol. The van der Waals surface area contributed by atoms with Crippen molar-refractivity contribution in [3.05, 3.63) is 0 Å². The van der Waals surface area contributed by atoms with Crippen molar-refractivity contribution in [1.82, 2.24) is 0 Å². The number of hydrogen-bond donors (Lipinski definition) is 0. The van der Waals surface area contributed by atoms with Crippen LogP contribution in [-0.4, -0.2) is 50.7 Å². The molecule has 0 fully saturated rings. The average Bonchev–Trinajstić information content (AvgIpc) is 2.22. The van der Waals surface area contributed by atoms with E-state index in [2.05, 4.69) is 14.2 Å². The second-order valence-corrected chi connectivity index (χ2v) is 4.57. The van der Waals surface area contributed by atoms with Crippen molar-refractivity contribution in [3.63, 3.8) is 0 Å². The van der Waals surface area contributed by atoms with Crippen LogP contribution in [0.5, 0.6) is 0 Å². The number of halogens is 9. The molecule has 0 saturated heterocycles. The van der Waals surface area contributed by atoms with Crippen LogP contribution in [-0.2, 0) is 14.2 Å². The molecule has 0 saturated carbocycles. The molecule has 0 unspecified atom stereocenters. The van der Waals surface area contributed by atoms with E-state index in [9.17, 15) is 39.5 Å². The fourth-order valence-electron chi connectivity index (χ4n) is 1.28. The van der Waals surface area contributed by atoms with Gasteiger partial charge in [-0.3, -0.25) is 4.74 Å². The topological polar surface area (TPSA) is 27.7 Å². The smallest absolute Gasteiger partial charge is 0.372 e. The highest BCUT2D eigenvalue weighted by molar-refractivity contribution is 4.71. The minimum absolute atomic E-state index is 0.148. The van der Waals surface area contributed by atoms with E-state index in [1.54, 1.807) is 6.92 Å². The molecule has 0 bridgehead atoms. The molecule has 140 valence electrons. The second kappa shape index (κ2) is 8.38. The van der Waals surface area contributed by atoms with Crippen LogP contribution in [0.4, 0.5) is 39.5 Å². The molecule has 23 heavy (non-hydrogen) atoms. The molecule has 0 aromatic carbocycles. The van der Waals surface area contributed by atoms with Crippen LogP contribution in [0.3, 0.4) is 0 Å². The Labute approximate surface area is 125 Å². The van der Waals surface area contributed by atoms with Gasteiger partial charge in [0.2, 0.25) is 0 Å². The van der Waals surface area contributed by atoms with E-state index in [4.69, 9.17) is 0 Å². The Bertz CT molecular complexity index is 344. The Morgan fingerprint density at radius 2 is 1.17 bits per heavy atom. The molecule has 0 N–H and O–H groups in total. The van der Waals surface area contributed by atoms with Crippen molar-refractivity contribution in [3.8, 4) is 0 Å². The first-order valence-electron chi connectivity index (χ1n) is 6.24. The zero-order valence-corrected chi connectivity index (χ0v) is 11.9. The molecule has 0 amide bonds. The summed E-state index contributed by atoms with van der Waals surface area (Å²) in [7, 11) is 0. The average molecular weight is 366 g/mol. The summed E-state index contributed by atoms with van der Waals surface area (Å²) in [5.41, 5.74) is 0. The van der Waals surface area contributed by atoms with Gasteiger partial charge in [-0.15, -0.1) is 0 Å². The largest absolute Gasteiger partial charge is 0.394 e. The fraction of sp³-hybridized carbons (Fsp3) is 1.00. The maximum absolute atomic E-state index is 13.0. The predicted octanol–water partition coefficient (Wildman–Crippen LogP) is 4.22. The van der Waals surface area contributed by atoms with Crippen LogP contribution in [0, 0.1) is 0 Å². The normalized spacial score (nSPS) is 14.3. The third-order valence-electron chi connectivity index (χ3n) is 1.96. The van der Waals surface area contributed by atoms with Crippen LogP contribution < -0.4 is 0 Å². The van der Waals surface area contributed by atoms with Gasteiger partial charge in [-0.2, -0.15) is 30.7 Å². The summed E-state index contributed by atoms with van der Waals surface area (Å²) in [6.45, 7) is -4.17. The van der Waals surface area contributed by atoms with E-state index in [1.165, 1.54) is 0 Å². The van der Waals surface area contributed by atoms with Crippen molar-refractivity contribution >= 4 is 0 Å². The lowest BCUT2D eigenvalue weighted by atomic mass is 10.2. The molecule has 12 heteroatoms. The van der Waals surface area contributed by atoms with Crippen molar-refractivity contribution < 1.29 is 53.7 Å². The highest BCUT2D eigenvalue weighted by Gasteiger charge is 2.47. The van der Waals surface area contributed by atoms with E-state index in [0.29, 0.717) is 6.42 Å². The lowest BCUT2D eigenvalue weighted by molar-refractivity contribution is -0.394. The van der Waals surface area contributed by atoms with Crippen molar-refractivity contribution in [2.24, 2.45) is 0 Å². The molecule has 0 atom stereocenters. The van der Waals surface area contributed by atoms with Gasteiger partial charge in [-0.1, -0.05) is 6.92 Å². The van der Waals surface area contributed by atoms with E-state index in [1.807, 2.05) is 0 Å². The first kappa shape index (κ1) is 22.2. The molecular formula is C11H15F9O3. The quantitative estimate of drug-likeness (QED) is 0.405. The van der Waals surface area contributed by atoms with Crippen molar-refractivity contribution in [1.29, 1.82) is 0 Å². The number of ether oxygens (including phenoxy) is 3.